The van der Waals surface area contributed by atoms with Crippen molar-refractivity contribution in [2.24, 2.45) is 51.8 Å². The first kappa shape index (κ1) is 14.5. The number of rotatable bonds is 4. The van der Waals surface area contributed by atoms with Gasteiger partial charge in [0.2, 0.25) is 0 Å². The molecule has 0 aliphatic heterocycles. The molecule has 9 unspecified atom stereocenters. The van der Waals surface area contributed by atoms with Gasteiger partial charge in [-0.05, 0) is 59.2 Å². The minimum absolute atomic E-state index is 0.00638. The van der Waals surface area contributed by atoms with E-state index >= 15 is 0 Å². The highest BCUT2D eigenvalue weighted by atomic mass is 16.3. The zero-order valence-corrected chi connectivity index (χ0v) is 13.7. The van der Waals surface area contributed by atoms with Crippen LogP contribution in [0.3, 0.4) is 0 Å². The van der Waals surface area contributed by atoms with Crippen molar-refractivity contribution < 1.29 is 15.3 Å². The van der Waals surface area contributed by atoms with Crippen LogP contribution in [-0.2, 0) is 0 Å². The summed E-state index contributed by atoms with van der Waals surface area (Å²) in [5.41, 5.74) is 0.245. The lowest BCUT2D eigenvalue weighted by atomic mass is 9.49. The van der Waals surface area contributed by atoms with Crippen LogP contribution in [0.5, 0.6) is 0 Å². The molecule has 0 spiro atoms. The first-order valence-corrected chi connectivity index (χ1v) is 8.74. The summed E-state index contributed by atoms with van der Waals surface area (Å²) in [4.78, 5) is 0. The second-order valence-electron chi connectivity index (χ2n) is 9.06. The second-order valence-corrected chi connectivity index (χ2v) is 9.06. The monoisotopic (exact) mass is 294 g/mol. The Morgan fingerprint density at radius 3 is 2.19 bits per heavy atom. The molecule has 0 heterocycles. The number of hydrogen-bond acceptors (Lipinski definition) is 3. The van der Waals surface area contributed by atoms with Gasteiger partial charge in [0.15, 0.2) is 0 Å². The van der Waals surface area contributed by atoms with Gasteiger partial charge >= 0.3 is 0 Å². The molecule has 3 nitrogen and oxygen atoms in total. The van der Waals surface area contributed by atoms with Crippen LogP contribution in [0, 0.1) is 51.8 Å². The van der Waals surface area contributed by atoms with Crippen LogP contribution < -0.4 is 0 Å². The van der Waals surface area contributed by atoms with Crippen LogP contribution in [0.4, 0.5) is 0 Å². The molecule has 5 rings (SSSR count). The van der Waals surface area contributed by atoms with Crippen molar-refractivity contribution >= 4 is 0 Å². The van der Waals surface area contributed by atoms with E-state index in [4.69, 9.17) is 0 Å². The molecule has 6 bridgehead atoms. The molecule has 3 heteroatoms. The number of aliphatic hydroxyl groups is 3. The van der Waals surface area contributed by atoms with Crippen LogP contribution in [0.1, 0.15) is 40.5 Å². The SMILES string of the molecule is CC(C)C1(C(C)CO)CCC2(C)C3C(O)C4C(C31)C42CO. The summed E-state index contributed by atoms with van der Waals surface area (Å²) in [6.45, 7) is 9.57. The molecule has 120 valence electrons. The van der Waals surface area contributed by atoms with Crippen LogP contribution in [-0.4, -0.2) is 34.6 Å². The summed E-state index contributed by atoms with van der Waals surface area (Å²) in [5, 5.41) is 30.8. The fraction of sp³-hybridized carbons (Fsp3) is 1.00. The van der Waals surface area contributed by atoms with E-state index in [1.165, 1.54) is 0 Å². The van der Waals surface area contributed by atoms with Gasteiger partial charge in [-0.15, -0.1) is 0 Å². The molecular weight excluding hydrogens is 264 g/mol. The summed E-state index contributed by atoms with van der Waals surface area (Å²) in [6.07, 6.45) is 2.02. The fourth-order valence-electron chi connectivity index (χ4n) is 8.15. The number of aliphatic hydroxyl groups excluding tert-OH is 3. The van der Waals surface area contributed by atoms with Gasteiger partial charge in [0.05, 0.1) is 6.10 Å². The van der Waals surface area contributed by atoms with Gasteiger partial charge in [0.1, 0.15) is 0 Å². The van der Waals surface area contributed by atoms with Gasteiger partial charge in [0.25, 0.3) is 0 Å². The Morgan fingerprint density at radius 2 is 1.67 bits per heavy atom. The Hall–Kier alpha value is -0.120. The Labute approximate surface area is 127 Å². The van der Waals surface area contributed by atoms with Crippen molar-refractivity contribution in [2.45, 2.75) is 46.6 Å². The highest BCUT2D eigenvalue weighted by Gasteiger charge is 2.93. The maximum Gasteiger partial charge on any atom is 0.0614 e. The quantitative estimate of drug-likeness (QED) is 0.742. The standard InChI is InChI=1S/C18H30O3/c1-9(2)17(10(3)7-19)6-5-16(4)13-11(17)12-14(15(13)21)18(12,16)8-20/h9-15,19-21H,5-8H2,1-4H3. The predicted molar refractivity (Wildman–Crippen MR) is 80.3 cm³/mol. The molecule has 0 aromatic heterocycles. The van der Waals surface area contributed by atoms with E-state index in [9.17, 15) is 15.3 Å². The van der Waals surface area contributed by atoms with Crippen molar-refractivity contribution in [2.75, 3.05) is 13.2 Å². The Balaban J connectivity index is 1.85. The zero-order valence-electron chi connectivity index (χ0n) is 13.7. The van der Waals surface area contributed by atoms with E-state index in [0.29, 0.717) is 29.6 Å². The third kappa shape index (κ3) is 1.13. The molecule has 0 radical (unpaired) electrons. The zero-order chi connectivity index (χ0) is 15.4. The van der Waals surface area contributed by atoms with Gasteiger partial charge in [-0.25, -0.2) is 0 Å². The molecule has 5 aliphatic carbocycles. The molecule has 5 aliphatic rings. The average Bonchev–Trinajstić information content (AvgIpc) is 2.92. The Bertz CT molecular complexity index is 477. The summed E-state index contributed by atoms with van der Waals surface area (Å²) >= 11 is 0. The molecule has 9 atom stereocenters. The maximum atomic E-state index is 10.8. The highest BCUT2D eigenvalue weighted by Crippen LogP contribution is 2.93. The lowest BCUT2D eigenvalue weighted by molar-refractivity contribution is -0.0987. The summed E-state index contributed by atoms with van der Waals surface area (Å²) in [7, 11) is 0. The van der Waals surface area contributed by atoms with E-state index in [0.717, 1.165) is 12.8 Å². The molecule has 5 saturated carbocycles. The molecule has 21 heavy (non-hydrogen) atoms. The summed E-state index contributed by atoms with van der Waals surface area (Å²) < 4.78 is 0. The van der Waals surface area contributed by atoms with Gasteiger partial charge in [0, 0.05) is 18.6 Å². The van der Waals surface area contributed by atoms with Crippen LogP contribution >= 0.6 is 0 Å². The molecule has 5 fully saturated rings. The van der Waals surface area contributed by atoms with Crippen molar-refractivity contribution in [1.82, 2.24) is 0 Å². The van der Waals surface area contributed by atoms with E-state index in [2.05, 4.69) is 27.7 Å². The van der Waals surface area contributed by atoms with Crippen LogP contribution in [0.2, 0.25) is 0 Å². The van der Waals surface area contributed by atoms with E-state index < -0.39 is 0 Å². The first-order chi connectivity index (χ1) is 9.84. The Kier molecular flexibility index (Phi) is 2.66. The van der Waals surface area contributed by atoms with Gasteiger partial charge in [-0.3, -0.25) is 0 Å². The highest BCUT2D eigenvalue weighted by molar-refractivity contribution is 5.40. The molecule has 0 aromatic carbocycles. The van der Waals surface area contributed by atoms with Gasteiger partial charge in [-0.1, -0.05) is 27.7 Å². The van der Waals surface area contributed by atoms with Crippen LogP contribution in [0.15, 0.2) is 0 Å². The van der Waals surface area contributed by atoms with Crippen molar-refractivity contribution in [3.63, 3.8) is 0 Å². The van der Waals surface area contributed by atoms with E-state index in [1.54, 1.807) is 0 Å². The first-order valence-electron chi connectivity index (χ1n) is 8.74. The van der Waals surface area contributed by atoms with E-state index in [-0.39, 0.29) is 41.5 Å². The lowest BCUT2D eigenvalue weighted by Gasteiger charge is -2.55. The maximum absolute atomic E-state index is 10.8. The van der Waals surface area contributed by atoms with Crippen molar-refractivity contribution in [1.29, 1.82) is 0 Å². The van der Waals surface area contributed by atoms with Crippen molar-refractivity contribution in [3.8, 4) is 0 Å². The number of hydrogen-bond donors (Lipinski definition) is 3. The molecule has 0 saturated heterocycles. The lowest BCUT2D eigenvalue weighted by Crippen LogP contribution is -2.51. The molecule has 0 amide bonds. The van der Waals surface area contributed by atoms with Crippen molar-refractivity contribution in [3.05, 3.63) is 0 Å². The fourth-order valence-corrected chi connectivity index (χ4v) is 8.15. The normalized spacial score (nSPS) is 61.4. The molecule has 0 aromatic rings. The van der Waals surface area contributed by atoms with Gasteiger partial charge in [-0.2, -0.15) is 0 Å². The second kappa shape index (κ2) is 3.85. The smallest absolute Gasteiger partial charge is 0.0614 e. The third-order valence-corrected chi connectivity index (χ3v) is 9.00. The van der Waals surface area contributed by atoms with Crippen LogP contribution in [0.25, 0.3) is 0 Å². The topological polar surface area (TPSA) is 60.7 Å². The third-order valence-electron chi connectivity index (χ3n) is 9.00. The molecular formula is C18H30O3. The van der Waals surface area contributed by atoms with Gasteiger partial charge < -0.3 is 15.3 Å². The summed E-state index contributed by atoms with van der Waals surface area (Å²) in [5.74, 6) is 2.43. The minimum Gasteiger partial charge on any atom is -0.396 e. The average molecular weight is 294 g/mol. The Morgan fingerprint density at radius 1 is 1.00 bits per heavy atom. The predicted octanol–water partition coefficient (Wildman–Crippen LogP) is 1.90. The largest absolute Gasteiger partial charge is 0.396 e. The summed E-state index contributed by atoms with van der Waals surface area (Å²) in [6, 6.07) is 0. The minimum atomic E-state index is -0.221. The van der Waals surface area contributed by atoms with E-state index in [1.807, 2.05) is 0 Å². The molecule has 3 N–H and O–H groups in total.